The highest BCUT2D eigenvalue weighted by molar-refractivity contribution is 5.04. The van der Waals surface area contributed by atoms with Crippen molar-refractivity contribution in [1.82, 2.24) is 10.2 Å². The number of hydrogen-bond acceptors (Lipinski definition) is 3. The summed E-state index contributed by atoms with van der Waals surface area (Å²) in [4.78, 5) is 2.34. The minimum atomic E-state index is -0.427. The summed E-state index contributed by atoms with van der Waals surface area (Å²) < 4.78 is 0. The van der Waals surface area contributed by atoms with E-state index in [2.05, 4.69) is 37.1 Å². The second kappa shape index (κ2) is 6.81. The fraction of sp³-hybridized carbons (Fsp3) is 0.917. The van der Waals surface area contributed by atoms with Crippen molar-refractivity contribution in [2.24, 2.45) is 5.92 Å². The van der Waals surface area contributed by atoms with Crippen LogP contribution in [0.25, 0.3) is 0 Å². The molecule has 0 aliphatic heterocycles. The van der Waals surface area contributed by atoms with E-state index in [4.69, 9.17) is 5.26 Å². The monoisotopic (exact) mass is 211 g/mol. The van der Waals surface area contributed by atoms with Gasteiger partial charge < -0.3 is 10.2 Å². The molecule has 0 bridgehead atoms. The van der Waals surface area contributed by atoms with Crippen LogP contribution in [0, 0.1) is 17.2 Å². The van der Waals surface area contributed by atoms with Crippen molar-refractivity contribution >= 4 is 0 Å². The van der Waals surface area contributed by atoms with E-state index < -0.39 is 5.54 Å². The molecular weight excluding hydrogens is 186 g/mol. The first kappa shape index (κ1) is 14.4. The van der Waals surface area contributed by atoms with Crippen molar-refractivity contribution in [3.63, 3.8) is 0 Å². The lowest BCUT2D eigenvalue weighted by Crippen LogP contribution is -2.49. The summed E-state index contributed by atoms with van der Waals surface area (Å²) in [7, 11) is 1.85. The van der Waals surface area contributed by atoms with Crippen molar-refractivity contribution in [3.05, 3.63) is 0 Å². The van der Waals surface area contributed by atoms with Crippen LogP contribution >= 0.6 is 0 Å². The van der Waals surface area contributed by atoms with Crippen LogP contribution in [-0.2, 0) is 0 Å². The molecule has 2 unspecified atom stereocenters. The highest BCUT2D eigenvalue weighted by Crippen LogP contribution is 2.09. The summed E-state index contributed by atoms with van der Waals surface area (Å²) >= 11 is 0. The first-order valence-electron chi connectivity index (χ1n) is 5.83. The smallest absolute Gasteiger partial charge is 0.116 e. The normalized spacial score (nSPS) is 17.1. The minimum absolute atomic E-state index is 0.427. The molecule has 3 nitrogen and oxygen atoms in total. The van der Waals surface area contributed by atoms with Crippen LogP contribution in [0.1, 0.15) is 34.1 Å². The maximum atomic E-state index is 9.08. The van der Waals surface area contributed by atoms with E-state index >= 15 is 0 Å². The van der Waals surface area contributed by atoms with Crippen molar-refractivity contribution < 1.29 is 0 Å². The molecule has 88 valence electrons. The Morgan fingerprint density at radius 2 is 2.07 bits per heavy atom. The summed E-state index contributed by atoms with van der Waals surface area (Å²) in [5.41, 5.74) is -0.427. The quantitative estimate of drug-likeness (QED) is 0.698. The standard InChI is InChI=1S/C12H25N3/c1-6-11(3)8-15(7-2)10-12(4,9-13)14-5/h11,14H,6-8,10H2,1-5H3. The maximum absolute atomic E-state index is 9.08. The second-order valence-electron chi connectivity index (χ2n) is 4.54. The molecule has 1 N–H and O–H groups in total. The molecule has 2 atom stereocenters. The second-order valence-corrected chi connectivity index (χ2v) is 4.54. The Morgan fingerprint density at radius 3 is 2.40 bits per heavy atom. The van der Waals surface area contributed by atoms with Gasteiger partial charge in [-0.3, -0.25) is 0 Å². The Bertz CT molecular complexity index is 209. The van der Waals surface area contributed by atoms with Crippen molar-refractivity contribution in [3.8, 4) is 6.07 Å². The molecule has 15 heavy (non-hydrogen) atoms. The van der Waals surface area contributed by atoms with Gasteiger partial charge in [-0.05, 0) is 26.4 Å². The highest BCUT2D eigenvalue weighted by atomic mass is 15.2. The number of likely N-dealkylation sites (N-methyl/N-ethyl adjacent to an activating group) is 2. The first-order chi connectivity index (χ1) is 7.01. The zero-order valence-electron chi connectivity index (χ0n) is 10.8. The molecule has 0 heterocycles. The zero-order chi connectivity index (χ0) is 11.9. The van der Waals surface area contributed by atoms with Crippen LogP contribution in [-0.4, -0.2) is 37.1 Å². The van der Waals surface area contributed by atoms with Gasteiger partial charge in [-0.1, -0.05) is 27.2 Å². The molecule has 0 saturated heterocycles. The van der Waals surface area contributed by atoms with E-state index in [0.29, 0.717) is 5.92 Å². The van der Waals surface area contributed by atoms with Gasteiger partial charge >= 0.3 is 0 Å². The molecule has 0 amide bonds. The number of hydrogen-bond donors (Lipinski definition) is 1. The molecule has 0 radical (unpaired) electrons. The van der Waals surface area contributed by atoms with Gasteiger partial charge in [0.2, 0.25) is 0 Å². The van der Waals surface area contributed by atoms with Gasteiger partial charge in [0, 0.05) is 13.1 Å². The Kier molecular flexibility index (Phi) is 6.55. The summed E-state index contributed by atoms with van der Waals surface area (Å²) in [6, 6.07) is 2.33. The van der Waals surface area contributed by atoms with Crippen LogP contribution in [0.15, 0.2) is 0 Å². The van der Waals surface area contributed by atoms with E-state index in [9.17, 15) is 0 Å². The molecule has 0 saturated carbocycles. The lowest BCUT2D eigenvalue weighted by Gasteiger charge is -2.31. The SMILES string of the molecule is CCC(C)CN(CC)CC(C)(C#N)NC. The van der Waals surface area contributed by atoms with E-state index in [1.165, 1.54) is 6.42 Å². The molecular formula is C12H25N3. The van der Waals surface area contributed by atoms with E-state index in [1.807, 2.05) is 14.0 Å². The molecule has 0 fully saturated rings. The fourth-order valence-corrected chi connectivity index (χ4v) is 1.49. The van der Waals surface area contributed by atoms with Crippen LogP contribution in [0.4, 0.5) is 0 Å². The van der Waals surface area contributed by atoms with Gasteiger partial charge in [-0.2, -0.15) is 5.26 Å². The Morgan fingerprint density at radius 1 is 1.47 bits per heavy atom. The van der Waals surface area contributed by atoms with Gasteiger partial charge in [0.25, 0.3) is 0 Å². The molecule has 3 heteroatoms. The summed E-state index contributed by atoms with van der Waals surface area (Å²) in [6.45, 7) is 11.4. The van der Waals surface area contributed by atoms with Crippen molar-refractivity contribution in [2.75, 3.05) is 26.7 Å². The molecule has 0 aromatic carbocycles. The predicted molar refractivity (Wildman–Crippen MR) is 64.6 cm³/mol. The highest BCUT2D eigenvalue weighted by Gasteiger charge is 2.24. The van der Waals surface area contributed by atoms with E-state index in [1.54, 1.807) is 0 Å². The number of nitrogens with one attached hydrogen (secondary N) is 1. The average Bonchev–Trinajstić information content (AvgIpc) is 2.27. The van der Waals surface area contributed by atoms with Gasteiger partial charge in [0.05, 0.1) is 6.07 Å². The van der Waals surface area contributed by atoms with Gasteiger partial charge in [0.15, 0.2) is 0 Å². The number of nitrogens with zero attached hydrogens (tertiary/aromatic N) is 2. The van der Waals surface area contributed by atoms with Crippen molar-refractivity contribution in [1.29, 1.82) is 5.26 Å². The average molecular weight is 211 g/mol. The molecule has 0 spiro atoms. The third kappa shape index (κ3) is 5.15. The lowest BCUT2D eigenvalue weighted by molar-refractivity contribution is 0.206. The largest absolute Gasteiger partial charge is 0.302 e. The third-order valence-corrected chi connectivity index (χ3v) is 3.05. The molecule has 0 aromatic rings. The molecule has 0 aliphatic carbocycles. The minimum Gasteiger partial charge on any atom is -0.302 e. The van der Waals surface area contributed by atoms with Crippen LogP contribution in [0.5, 0.6) is 0 Å². The van der Waals surface area contributed by atoms with Gasteiger partial charge in [-0.15, -0.1) is 0 Å². The molecule has 0 aliphatic rings. The fourth-order valence-electron chi connectivity index (χ4n) is 1.49. The first-order valence-corrected chi connectivity index (χ1v) is 5.83. The van der Waals surface area contributed by atoms with E-state index in [-0.39, 0.29) is 0 Å². The number of nitriles is 1. The van der Waals surface area contributed by atoms with E-state index in [0.717, 1.165) is 19.6 Å². The Balaban J connectivity index is 4.26. The summed E-state index contributed by atoms with van der Waals surface area (Å²) in [5.74, 6) is 0.699. The Labute approximate surface area is 94.5 Å². The molecule has 0 rings (SSSR count). The zero-order valence-corrected chi connectivity index (χ0v) is 10.8. The molecule has 0 aromatic heterocycles. The lowest BCUT2D eigenvalue weighted by atomic mass is 10.0. The summed E-state index contributed by atoms with van der Waals surface area (Å²) in [6.07, 6.45) is 1.19. The van der Waals surface area contributed by atoms with Crippen LogP contribution < -0.4 is 5.32 Å². The predicted octanol–water partition coefficient (Wildman–Crippen LogP) is 1.86. The van der Waals surface area contributed by atoms with Gasteiger partial charge in [0.1, 0.15) is 5.54 Å². The van der Waals surface area contributed by atoms with Crippen LogP contribution in [0.2, 0.25) is 0 Å². The van der Waals surface area contributed by atoms with Gasteiger partial charge in [-0.25, -0.2) is 0 Å². The summed E-state index contributed by atoms with van der Waals surface area (Å²) in [5, 5.41) is 12.2. The topological polar surface area (TPSA) is 39.1 Å². The van der Waals surface area contributed by atoms with Crippen molar-refractivity contribution in [2.45, 2.75) is 39.7 Å². The Hall–Kier alpha value is -0.590. The maximum Gasteiger partial charge on any atom is 0.116 e. The third-order valence-electron chi connectivity index (χ3n) is 3.05. The number of rotatable bonds is 7. The van der Waals surface area contributed by atoms with Crippen LogP contribution in [0.3, 0.4) is 0 Å².